The third-order valence-corrected chi connectivity index (χ3v) is 6.16. The monoisotopic (exact) mass is 316 g/mol. The normalized spacial score (nSPS) is 16.2. The van der Waals surface area contributed by atoms with Gasteiger partial charge in [-0.3, -0.25) is 10.1 Å². The minimum Gasteiger partial charge on any atom is -0.450 e. The molecule has 0 saturated heterocycles. The van der Waals surface area contributed by atoms with Crippen LogP contribution in [0.25, 0.3) is 0 Å². The lowest BCUT2D eigenvalue weighted by Crippen LogP contribution is -2.38. The zero-order valence-electron chi connectivity index (χ0n) is 10.4. The van der Waals surface area contributed by atoms with Crippen molar-refractivity contribution in [2.24, 2.45) is 0 Å². The summed E-state index contributed by atoms with van der Waals surface area (Å²) >= 11 is 0. The van der Waals surface area contributed by atoms with Crippen LogP contribution >= 0.6 is 21.6 Å². The molecule has 1 heterocycles. The molecule has 1 aromatic rings. The quantitative estimate of drug-likeness (QED) is 0.369. The first-order chi connectivity index (χ1) is 9.51. The molecule has 7 nitrogen and oxygen atoms in total. The van der Waals surface area contributed by atoms with Gasteiger partial charge in [-0.1, -0.05) is 17.2 Å². The first-order valence-electron chi connectivity index (χ1n) is 5.83. The fourth-order valence-electron chi connectivity index (χ4n) is 1.68. The number of hydrogen-bond donors (Lipinski definition) is 1. The summed E-state index contributed by atoms with van der Waals surface area (Å²) < 4.78 is 4.46. The van der Waals surface area contributed by atoms with Gasteiger partial charge in [0.05, 0.1) is 9.67 Å². The van der Waals surface area contributed by atoms with Gasteiger partial charge in [0.15, 0.2) is 0 Å². The molecule has 1 aliphatic carbocycles. The lowest BCUT2D eigenvalue weighted by atomic mass is 9.85. The predicted molar refractivity (Wildman–Crippen MR) is 74.9 cm³/mol. The van der Waals surface area contributed by atoms with E-state index in [1.807, 2.05) is 0 Å². The van der Waals surface area contributed by atoms with E-state index in [1.165, 1.54) is 33.9 Å². The molecule has 9 heteroatoms. The maximum Gasteiger partial charge on any atom is 0.505 e. The minimum absolute atomic E-state index is 0.0492. The van der Waals surface area contributed by atoms with E-state index in [0.717, 1.165) is 19.3 Å². The zero-order chi connectivity index (χ0) is 14.6. The van der Waals surface area contributed by atoms with E-state index in [-0.39, 0.29) is 17.0 Å². The summed E-state index contributed by atoms with van der Waals surface area (Å²) in [5.41, 5.74) is -0.0492. The van der Waals surface area contributed by atoms with E-state index in [9.17, 15) is 14.9 Å². The van der Waals surface area contributed by atoms with Gasteiger partial charge in [0.25, 0.3) is 5.69 Å². The Bertz CT molecular complexity index is 504. The van der Waals surface area contributed by atoms with E-state index in [0.29, 0.717) is 5.03 Å². The van der Waals surface area contributed by atoms with Crippen LogP contribution in [0.2, 0.25) is 0 Å². The Labute approximate surface area is 122 Å². The van der Waals surface area contributed by atoms with Crippen molar-refractivity contribution in [1.29, 1.82) is 0 Å². The number of nitro groups is 1. The number of ether oxygens (including phenoxy) is 1. The topological polar surface area (TPSA) is 103 Å². The van der Waals surface area contributed by atoms with Crippen LogP contribution in [0.3, 0.4) is 0 Å². The van der Waals surface area contributed by atoms with Crippen molar-refractivity contribution in [2.75, 3.05) is 6.61 Å². The first-order valence-corrected chi connectivity index (χ1v) is 7.98. The Morgan fingerprint density at radius 1 is 1.55 bits per heavy atom. The molecule has 0 spiro atoms. The van der Waals surface area contributed by atoms with Crippen LogP contribution in [0.1, 0.15) is 19.3 Å². The van der Waals surface area contributed by atoms with Crippen molar-refractivity contribution in [3.05, 3.63) is 28.4 Å². The largest absolute Gasteiger partial charge is 0.505 e. The lowest BCUT2D eigenvalue weighted by Gasteiger charge is -2.39. The molecule has 1 aliphatic rings. The fourth-order valence-corrected chi connectivity index (χ4v) is 4.45. The average molecular weight is 316 g/mol. The third kappa shape index (κ3) is 3.76. The van der Waals surface area contributed by atoms with Gasteiger partial charge in [-0.15, -0.1) is 0 Å². The molecule has 1 aromatic heterocycles. The maximum absolute atomic E-state index is 10.5. The van der Waals surface area contributed by atoms with Gasteiger partial charge in [0, 0.05) is 6.07 Å². The minimum atomic E-state index is -1.27. The molecule has 0 radical (unpaired) electrons. The number of carboxylic acid groups (broad SMARTS) is 1. The van der Waals surface area contributed by atoms with Crippen molar-refractivity contribution in [2.45, 2.75) is 29.0 Å². The smallest absolute Gasteiger partial charge is 0.450 e. The summed E-state index contributed by atoms with van der Waals surface area (Å²) in [7, 11) is 2.90. The van der Waals surface area contributed by atoms with Crippen LogP contribution in [-0.2, 0) is 4.74 Å². The van der Waals surface area contributed by atoms with Gasteiger partial charge in [0.1, 0.15) is 17.8 Å². The van der Waals surface area contributed by atoms with Gasteiger partial charge < -0.3 is 9.84 Å². The van der Waals surface area contributed by atoms with Crippen LogP contribution in [0.4, 0.5) is 10.5 Å². The molecule has 1 N–H and O–H groups in total. The van der Waals surface area contributed by atoms with E-state index in [1.54, 1.807) is 6.07 Å². The second-order valence-corrected chi connectivity index (χ2v) is 6.99. The Balaban J connectivity index is 1.89. The van der Waals surface area contributed by atoms with Crippen molar-refractivity contribution >= 4 is 33.4 Å². The Hall–Kier alpha value is -1.48. The van der Waals surface area contributed by atoms with Crippen molar-refractivity contribution in [3.8, 4) is 0 Å². The predicted octanol–water partition coefficient (Wildman–Crippen LogP) is 3.35. The van der Waals surface area contributed by atoms with Crippen molar-refractivity contribution in [3.63, 3.8) is 0 Å². The molecule has 0 atom stereocenters. The highest BCUT2D eigenvalue weighted by molar-refractivity contribution is 8.77. The molecule has 0 aromatic carbocycles. The summed E-state index contributed by atoms with van der Waals surface area (Å²) in [4.78, 5) is 24.5. The van der Waals surface area contributed by atoms with E-state index < -0.39 is 11.1 Å². The zero-order valence-corrected chi connectivity index (χ0v) is 12.0. The molecule has 0 aliphatic heterocycles. The highest BCUT2D eigenvalue weighted by atomic mass is 33.1. The molecule has 0 amide bonds. The number of rotatable bonds is 6. The van der Waals surface area contributed by atoms with Crippen molar-refractivity contribution < 1.29 is 19.6 Å². The first kappa shape index (κ1) is 14.9. The van der Waals surface area contributed by atoms with Gasteiger partial charge in [-0.25, -0.2) is 9.78 Å². The van der Waals surface area contributed by atoms with E-state index >= 15 is 0 Å². The van der Waals surface area contributed by atoms with Crippen LogP contribution in [0.15, 0.2) is 23.4 Å². The van der Waals surface area contributed by atoms with Crippen LogP contribution in [0.5, 0.6) is 0 Å². The molecule has 108 valence electrons. The van der Waals surface area contributed by atoms with E-state index in [4.69, 9.17) is 5.11 Å². The second-order valence-electron chi connectivity index (χ2n) is 4.37. The molecule has 1 fully saturated rings. The molecule has 1 saturated carbocycles. The summed E-state index contributed by atoms with van der Waals surface area (Å²) in [6, 6.07) is 2.98. The van der Waals surface area contributed by atoms with Crippen molar-refractivity contribution in [1.82, 2.24) is 4.98 Å². The third-order valence-electron chi connectivity index (χ3n) is 2.96. The average Bonchev–Trinajstić information content (AvgIpc) is 2.37. The SMILES string of the molecule is O=C(O)OCC1(SSc2ccc([N+](=O)[O-])cn2)CCC1. The fraction of sp³-hybridized carbons (Fsp3) is 0.455. The summed E-state index contributed by atoms with van der Waals surface area (Å²) in [5, 5.41) is 19.7. The van der Waals surface area contributed by atoms with Crippen LogP contribution < -0.4 is 0 Å². The van der Waals surface area contributed by atoms with Gasteiger partial charge in [-0.05, 0) is 29.7 Å². The van der Waals surface area contributed by atoms with Gasteiger partial charge >= 0.3 is 6.16 Å². The summed E-state index contributed by atoms with van der Waals surface area (Å²) in [6.07, 6.45) is 2.78. The number of carbonyl (C=O) groups is 1. The number of nitrogens with zero attached hydrogens (tertiary/aromatic N) is 2. The maximum atomic E-state index is 10.5. The number of hydrogen-bond acceptors (Lipinski definition) is 7. The molecule has 0 unspecified atom stereocenters. The Morgan fingerprint density at radius 3 is 2.75 bits per heavy atom. The van der Waals surface area contributed by atoms with Gasteiger partial charge in [-0.2, -0.15) is 0 Å². The summed E-state index contributed by atoms with van der Waals surface area (Å²) in [5.74, 6) is 0. The molecule has 20 heavy (non-hydrogen) atoms. The van der Waals surface area contributed by atoms with Gasteiger partial charge in [0.2, 0.25) is 0 Å². The molecule has 2 rings (SSSR count). The van der Waals surface area contributed by atoms with E-state index in [2.05, 4.69) is 9.72 Å². The number of aromatic nitrogens is 1. The second kappa shape index (κ2) is 6.31. The lowest BCUT2D eigenvalue weighted by molar-refractivity contribution is -0.385. The number of pyridine rings is 1. The highest BCUT2D eigenvalue weighted by Gasteiger charge is 2.39. The Morgan fingerprint density at radius 2 is 2.30 bits per heavy atom. The molecular formula is C11H12N2O5S2. The Kier molecular flexibility index (Phi) is 4.71. The highest BCUT2D eigenvalue weighted by Crippen LogP contribution is 2.51. The molecule has 0 bridgehead atoms. The van der Waals surface area contributed by atoms with Crippen LogP contribution in [-0.4, -0.2) is 32.5 Å². The molecular weight excluding hydrogens is 304 g/mol. The standard InChI is InChI=1S/C11H12N2O5S2/c14-10(15)18-7-11(4-1-5-11)20-19-9-3-2-8(6-12-9)13(16)17/h2-3,6H,1,4-5,7H2,(H,14,15). The summed E-state index contributed by atoms with van der Waals surface area (Å²) in [6.45, 7) is 0.160. The van der Waals surface area contributed by atoms with Crippen LogP contribution in [0, 0.1) is 10.1 Å².